The van der Waals surface area contributed by atoms with Crippen molar-refractivity contribution in [2.45, 2.75) is 25.7 Å². The van der Waals surface area contributed by atoms with Gasteiger partial charge in [0.25, 0.3) is 11.8 Å². The summed E-state index contributed by atoms with van der Waals surface area (Å²) in [6.45, 7) is 3.16. The maximum absolute atomic E-state index is 12.2. The molecule has 1 aromatic rings. The number of hydrogen-bond donors (Lipinski definition) is 2. The summed E-state index contributed by atoms with van der Waals surface area (Å²) in [5, 5.41) is 5.57. The predicted molar refractivity (Wildman–Crippen MR) is 71.4 cm³/mol. The molecule has 1 saturated heterocycles. The maximum atomic E-state index is 12.2. The fourth-order valence-corrected chi connectivity index (χ4v) is 2.50. The highest BCUT2D eigenvalue weighted by molar-refractivity contribution is 6.02. The van der Waals surface area contributed by atoms with E-state index in [1.807, 2.05) is 6.92 Å². The highest BCUT2D eigenvalue weighted by Crippen LogP contribution is 2.25. The molecule has 2 N–H and O–H groups in total. The Bertz CT molecular complexity index is 558. The lowest BCUT2D eigenvalue weighted by atomic mass is 10.1. The Balaban J connectivity index is 1.78. The van der Waals surface area contributed by atoms with Gasteiger partial charge in [-0.15, -0.1) is 0 Å². The van der Waals surface area contributed by atoms with E-state index in [0.717, 1.165) is 5.56 Å². The van der Waals surface area contributed by atoms with E-state index in [4.69, 9.17) is 9.47 Å². The number of benzene rings is 1. The number of amides is 2. The Labute approximate surface area is 116 Å². The van der Waals surface area contributed by atoms with Crippen LogP contribution in [0, 0.1) is 0 Å². The summed E-state index contributed by atoms with van der Waals surface area (Å²) >= 11 is 0. The van der Waals surface area contributed by atoms with E-state index in [0.29, 0.717) is 31.0 Å². The van der Waals surface area contributed by atoms with Crippen LogP contribution in [0.1, 0.15) is 22.8 Å². The first-order valence-corrected chi connectivity index (χ1v) is 6.61. The van der Waals surface area contributed by atoms with E-state index in [9.17, 15) is 9.59 Å². The molecule has 20 heavy (non-hydrogen) atoms. The molecule has 6 nitrogen and oxygen atoms in total. The topological polar surface area (TPSA) is 76.7 Å². The number of hydrogen-bond acceptors (Lipinski definition) is 4. The van der Waals surface area contributed by atoms with Gasteiger partial charge in [-0.05, 0) is 19.1 Å². The van der Waals surface area contributed by atoms with Crippen molar-refractivity contribution in [3.05, 3.63) is 29.3 Å². The van der Waals surface area contributed by atoms with Gasteiger partial charge in [-0.1, -0.05) is 6.07 Å². The van der Waals surface area contributed by atoms with Crippen LogP contribution in [0.5, 0.6) is 0 Å². The van der Waals surface area contributed by atoms with Crippen molar-refractivity contribution in [1.82, 2.24) is 5.32 Å². The molecule has 0 saturated carbocycles. The van der Waals surface area contributed by atoms with Crippen LogP contribution in [0.15, 0.2) is 18.2 Å². The molecule has 6 heteroatoms. The summed E-state index contributed by atoms with van der Waals surface area (Å²) in [4.78, 5) is 23.8. The van der Waals surface area contributed by atoms with Gasteiger partial charge in [0.2, 0.25) is 0 Å². The molecule has 0 unspecified atom stereocenters. The number of anilines is 1. The first-order valence-electron chi connectivity index (χ1n) is 6.61. The summed E-state index contributed by atoms with van der Waals surface area (Å²) < 4.78 is 10.9. The molecule has 2 heterocycles. The van der Waals surface area contributed by atoms with Gasteiger partial charge in [0.05, 0.1) is 19.3 Å². The molecule has 2 atom stereocenters. The van der Waals surface area contributed by atoms with Crippen LogP contribution >= 0.6 is 0 Å². The van der Waals surface area contributed by atoms with E-state index < -0.39 is 6.10 Å². The first-order chi connectivity index (χ1) is 9.66. The molecule has 2 aliphatic rings. The second kappa shape index (κ2) is 5.22. The highest BCUT2D eigenvalue weighted by Gasteiger charge is 2.31. The number of fused-ring (bicyclic) bond motifs is 1. The fraction of sp³-hybridized carbons (Fsp3) is 0.429. The summed E-state index contributed by atoms with van der Waals surface area (Å²) in [5.74, 6) is -0.355. The van der Waals surface area contributed by atoms with Gasteiger partial charge >= 0.3 is 0 Å². The Morgan fingerprint density at radius 1 is 1.35 bits per heavy atom. The molecule has 0 aromatic heterocycles. The quantitative estimate of drug-likeness (QED) is 0.832. The summed E-state index contributed by atoms with van der Waals surface area (Å²) in [7, 11) is 0. The molecule has 0 aliphatic carbocycles. The van der Waals surface area contributed by atoms with Gasteiger partial charge in [-0.25, -0.2) is 0 Å². The van der Waals surface area contributed by atoms with E-state index in [2.05, 4.69) is 10.6 Å². The van der Waals surface area contributed by atoms with Gasteiger partial charge < -0.3 is 20.1 Å². The Morgan fingerprint density at radius 3 is 2.95 bits per heavy atom. The van der Waals surface area contributed by atoms with Crippen molar-refractivity contribution in [2.24, 2.45) is 0 Å². The Morgan fingerprint density at radius 2 is 2.15 bits per heavy atom. The SMILES string of the molecule is C[C@@H]1OCCO[C@@H]1C(=O)Nc1cccc2c1CNC2=O. The Hall–Kier alpha value is -1.92. The minimum absolute atomic E-state index is 0.110. The molecule has 0 bridgehead atoms. The van der Waals surface area contributed by atoms with E-state index in [1.165, 1.54) is 0 Å². The molecule has 0 spiro atoms. The smallest absolute Gasteiger partial charge is 0.256 e. The minimum atomic E-state index is -0.621. The van der Waals surface area contributed by atoms with Crippen molar-refractivity contribution < 1.29 is 19.1 Å². The first kappa shape index (κ1) is 13.1. The summed E-state index contributed by atoms with van der Waals surface area (Å²) in [6, 6.07) is 5.28. The third-order valence-corrected chi connectivity index (χ3v) is 3.55. The molecule has 106 valence electrons. The van der Waals surface area contributed by atoms with Crippen molar-refractivity contribution in [3.63, 3.8) is 0 Å². The Kier molecular flexibility index (Phi) is 3.42. The number of rotatable bonds is 2. The van der Waals surface area contributed by atoms with E-state index in [-0.39, 0.29) is 17.9 Å². The third-order valence-electron chi connectivity index (χ3n) is 3.55. The zero-order valence-electron chi connectivity index (χ0n) is 11.1. The molecule has 2 amide bonds. The average molecular weight is 276 g/mol. The number of carbonyl (C=O) groups excluding carboxylic acids is 2. The van der Waals surface area contributed by atoms with Crippen molar-refractivity contribution >= 4 is 17.5 Å². The minimum Gasteiger partial charge on any atom is -0.373 e. The van der Waals surface area contributed by atoms with Gasteiger partial charge in [-0.2, -0.15) is 0 Å². The van der Waals surface area contributed by atoms with Crippen LogP contribution < -0.4 is 10.6 Å². The zero-order chi connectivity index (χ0) is 14.1. The lowest BCUT2D eigenvalue weighted by Gasteiger charge is -2.28. The maximum Gasteiger partial charge on any atom is 0.256 e. The van der Waals surface area contributed by atoms with Crippen LogP contribution in [0.4, 0.5) is 5.69 Å². The fourth-order valence-electron chi connectivity index (χ4n) is 2.50. The van der Waals surface area contributed by atoms with E-state index >= 15 is 0 Å². The van der Waals surface area contributed by atoms with Gasteiger partial charge in [0, 0.05) is 23.4 Å². The lowest BCUT2D eigenvalue weighted by Crippen LogP contribution is -2.44. The molecule has 2 aliphatic heterocycles. The number of carbonyl (C=O) groups is 2. The summed E-state index contributed by atoms with van der Waals surface area (Å²) in [6.07, 6.45) is -0.898. The van der Waals surface area contributed by atoms with Crippen molar-refractivity contribution in [1.29, 1.82) is 0 Å². The number of ether oxygens (including phenoxy) is 2. The molecule has 1 fully saturated rings. The second-order valence-electron chi connectivity index (χ2n) is 4.87. The largest absolute Gasteiger partial charge is 0.373 e. The van der Waals surface area contributed by atoms with Crippen LogP contribution in [0.2, 0.25) is 0 Å². The standard InChI is InChI=1S/C14H16N2O4/c1-8-12(20-6-5-19-8)14(18)16-11-4-2-3-9-10(11)7-15-13(9)17/h2-4,8,12H,5-7H2,1H3,(H,15,17)(H,16,18)/t8-,12-/m0/s1. The van der Waals surface area contributed by atoms with Crippen molar-refractivity contribution in [3.8, 4) is 0 Å². The second-order valence-corrected chi connectivity index (χ2v) is 4.87. The molecule has 1 aromatic carbocycles. The molecular formula is C14H16N2O4. The van der Waals surface area contributed by atoms with Crippen molar-refractivity contribution in [2.75, 3.05) is 18.5 Å². The average Bonchev–Trinajstić information content (AvgIpc) is 2.82. The molecule has 0 radical (unpaired) electrons. The third kappa shape index (κ3) is 2.28. The lowest BCUT2D eigenvalue weighted by molar-refractivity contribution is -0.157. The van der Waals surface area contributed by atoms with Crippen LogP contribution in [-0.2, 0) is 20.8 Å². The summed E-state index contributed by atoms with van der Waals surface area (Å²) in [5.41, 5.74) is 2.07. The van der Waals surface area contributed by atoms with Gasteiger partial charge in [0.1, 0.15) is 0 Å². The van der Waals surface area contributed by atoms with E-state index in [1.54, 1.807) is 18.2 Å². The van der Waals surface area contributed by atoms with Crippen LogP contribution in [0.25, 0.3) is 0 Å². The molecular weight excluding hydrogens is 260 g/mol. The van der Waals surface area contributed by atoms with Crippen LogP contribution in [-0.4, -0.2) is 37.2 Å². The van der Waals surface area contributed by atoms with Crippen LogP contribution in [0.3, 0.4) is 0 Å². The zero-order valence-corrected chi connectivity index (χ0v) is 11.1. The normalized spacial score (nSPS) is 24.9. The monoisotopic (exact) mass is 276 g/mol. The molecule has 3 rings (SSSR count). The number of nitrogens with one attached hydrogen (secondary N) is 2. The predicted octanol–water partition coefficient (Wildman–Crippen LogP) is 0.672. The van der Waals surface area contributed by atoms with Gasteiger partial charge in [0.15, 0.2) is 6.10 Å². The van der Waals surface area contributed by atoms with Gasteiger partial charge in [-0.3, -0.25) is 9.59 Å². The highest BCUT2D eigenvalue weighted by atomic mass is 16.6.